The molecule has 3 aromatic rings. The van der Waals surface area contributed by atoms with E-state index in [0.717, 1.165) is 11.1 Å². The van der Waals surface area contributed by atoms with Crippen LogP contribution in [0, 0.1) is 19.7 Å². The summed E-state index contributed by atoms with van der Waals surface area (Å²) in [6, 6.07) is 12.3. The minimum absolute atomic E-state index is 0.364. The predicted molar refractivity (Wildman–Crippen MR) is 107 cm³/mol. The van der Waals surface area contributed by atoms with Crippen LogP contribution < -0.4 is 10.6 Å². The van der Waals surface area contributed by atoms with E-state index in [1.807, 2.05) is 26.0 Å². The molecule has 0 radical (unpaired) electrons. The van der Waals surface area contributed by atoms with Gasteiger partial charge < -0.3 is 10.6 Å². The second-order valence-corrected chi connectivity index (χ2v) is 7.31. The number of halogens is 1. The minimum Gasteiger partial charge on any atom is -0.339 e. The first-order valence-electron chi connectivity index (χ1n) is 9.32. The second-order valence-electron chi connectivity index (χ2n) is 7.31. The van der Waals surface area contributed by atoms with Crippen LogP contribution in [0.1, 0.15) is 38.7 Å². The Bertz CT molecular complexity index is 1100. The van der Waals surface area contributed by atoms with Gasteiger partial charge in [0.05, 0.1) is 5.69 Å². The van der Waals surface area contributed by atoms with Gasteiger partial charge in [-0.25, -0.2) is 4.39 Å². The minimum atomic E-state index is -0.902. The van der Waals surface area contributed by atoms with Gasteiger partial charge in [-0.1, -0.05) is 29.8 Å². The smallest absolute Gasteiger partial charge is 0.251 e. The van der Waals surface area contributed by atoms with Crippen molar-refractivity contribution >= 4 is 17.6 Å². The average Bonchev–Trinajstić information content (AvgIpc) is 2.96. The lowest BCUT2D eigenvalue weighted by Crippen LogP contribution is -2.50. The third-order valence-electron chi connectivity index (χ3n) is 5.25. The molecule has 2 atom stereocenters. The van der Waals surface area contributed by atoms with Crippen molar-refractivity contribution in [2.45, 2.75) is 25.8 Å². The monoisotopic (exact) mass is 392 g/mol. The third kappa shape index (κ3) is 3.40. The van der Waals surface area contributed by atoms with Crippen molar-refractivity contribution < 1.29 is 14.0 Å². The van der Waals surface area contributed by atoms with E-state index in [-0.39, 0.29) is 11.8 Å². The number of fused-ring (bicyclic) bond motifs is 1. The fourth-order valence-electron chi connectivity index (χ4n) is 3.85. The van der Waals surface area contributed by atoms with E-state index in [4.69, 9.17) is 0 Å². The maximum Gasteiger partial charge on any atom is 0.251 e. The first kappa shape index (κ1) is 18.9. The normalized spacial score (nSPS) is 18.1. The zero-order valence-electron chi connectivity index (χ0n) is 16.4. The lowest BCUT2D eigenvalue weighted by Gasteiger charge is -2.32. The molecule has 2 heterocycles. The topological polar surface area (TPSA) is 76.0 Å². The molecule has 148 valence electrons. The van der Waals surface area contributed by atoms with Gasteiger partial charge in [-0.2, -0.15) is 5.10 Å². The van der Waals surface area contributed by atoms with Gasteiger partial charge in [0.15, 0.2) is 0 Å². The summed E-state index contributed by atoms with van der Waals surface area (Å²) in [6.07, 6.45) is 0. The van der Waals surface area contributed by atoms with Crippen molar-refractivity contribution in [3.05, 3.63) is 82.3 Å². The second kappa shape index (κ2) is 7.16. The average molecular weight is 392 g/mol. The molecule has 1 aliphatic rings. The fraction of sp³-hybridized carbons (Fsp3) is 0.227. The molecule has 6 nitrogen and oxygen atoms in total. The van der Waals surface area contributed by atoms with Gasteiger partial charge in [-0.3, -0.25) is 14.3 Å². The molecule has 29 heavy (non-hydrogen) atoms. The molecule has 0 bridgehead atoms. The van der Waals surface area contributed by atoms with Gasteiger partial charge in [0.1, 0.15) is 17.7 Å². The van der Waals surface area contributed by atoms with Crippen molar-refractivity contribution in [2.75, 3.05) is 5.32 Å². The van der Waals surface area contributed by atoms with Gasteiger partial charge in [-0.05, 0) is 43.7 Å². The Hall–Kier alpha value is -3.48. The molecule has 7 heteroatoms. The molecule has 4 rings (SSSR count). The summed E-state index contributed by atoms with van der Waals surface area (Å²) in [5, 5.41) is 10.1. The number of nitrogens with zero attached hydrogens (tertiary/aromatic N) is 2. The number of benzene rings is 2. The molecule has 0 saturated carbocycles. The van der Waals surface area contributed by atoms with Crippen LogP contribution in [0.25, 0.3) is 0 Å². The van der Waals surface area contributed by atoms with E-state index in [0.29, 0.717) is 22.6 Å². The molecule has 1 aromatic heterocycles. The van der Waals surface area contributed by atoms with E-state index in [9.17, 15) is 14.0 Å². The van der Waals surface area contributed by atoms with Crippen LogP contribution in [0.3, 0.4) is 0 Å². The Morgan fingerprint density at radius 3 is 2.59 bits per heavy atom. The molecule has 2 amide bonds. The molecular formula is C22H21FN4O2. The van der Waals surface area contributed by atoms with Crippen LogP contribution in [0.4, 0.5) is 10.2 Å². The molecular weight excluding hydrogens is 371 g/mol. The Labute approximate surface area is 167 Å². The Morgan fingerprint density at radius 2 is 1.90 bits per heavy atom. The highest BCUT2D eigenvalue weighted by Crippen LogP contribution is 2.39. The zero-order chi connectivity index (χ0) is 20.7. The number of aromatic nitrogens is 2. The van der Waals surface area contributed by atoms with E-state index in [2.05, 4.69) is 15.7 Å². The number of carbonyl (C=O) groups excluding carboxylic acids is 2. The number of amides is 2. The molecule has 0 aliphatic carbocycles. The predicted octanol–water partition coefficient (Wildman–Crippen LogP) is 3.06. The van der Waals surface area contributed by atoms with Crippen molar-refractivity contribution in [3.63, 3.8) is 0 Å². The van der Waals surface area contributed by atoms with Crippen molar-refractivity contribution in [3.8, 4) is 0 Å². The molecule has 0 unspecified atom stereocenters. The lowest BCUT2D eigenvalue weighted by atomic mass is 9.82. The molecule has 0 spiro atoms. The van der Waals surface area contributed by atoms with Crippen LogP contribution in [0.2, 0.25) is 0 Å². The van der Waals surface area contributed by atoms with Crippen molar-refractivity contribution in [1.82, 2.24) is 15.1 Å². The van der Waals surface area contributed by atoms with Crippen molar-refractivity contribution in [1.29, 1.82) is 0 Å². The van der Waals surface area contributed by atoms with Gasteiger partial charge >= 0.3 is 0 Å². The number of carbonyl (C=O) groups is 2. The standard InChI is InChI=1S/C22H21FN4O2/c1-12-7-9-14(10-8-12)21(28)24-19-18(15-5-4-6-16(23)11-15)17-13(2)26-27(3)20(17)25-22(19)29/h4-11,18-19H,1-3H3,(H,24,28)(H,25,29)/t18-,19-/m0/s1. The number of anilines is 1. The highest BCUT2D eigenvalue weighted by Gasteiger charge is 2.41. The van der Waals surface area contributed by atoms with Gasteiger partial charge in [0.25, 0.3) is 5.91 Å². The number of nitrogens with one attached hydrogen (secondary N) is 2. The highest BCUT2D eigenvalue weighted by atomic mass is 19.1. The molecule has 0 fully saturated rings. The Kier molecular flexibility index (Phi) is 4.66. The van der Waals surface area contributed by atoms with E-state index in [1.54, 1.807) is 36.0 Å². The molecule has 2 N–H and O–H groups in total. The van der Waals surface area contributed by atoms with Crippen LogP contribution in [0.15, 0.2) is 48.5 Å². The number of hydrogen-bond donors (Lipinski definition) is 2. The lowest BCUT2D eigenvalue weighted by molar-refractivity contribution is -0.118. The van der Waals surface area contributed by atoms with E-state index < -0.39 is 17.8 Å². The van der Waals surface area contributed by atoms with Crippen LogP contribution >= 0.6 is 0 Å². The fourth-order valence-corrected chi connectivity index (χ4v) is 3.85. The van der Waals surface area contributed by atoms with Crippen LogP contribution in [-0.2, 0) is 11.8 Å². The summed E-state index contributed by atoms with van der Waals surface area (Å²) < 4.78 is 15.6. The first-order chi connectivity index (χ1) is 13.8. The number of aryl methyl sites for hydroxylation is 3. The molecule has 1 aliphatic heterocycles. The first-order valence-corrected chi connectivity index (χ1v) is 9.32. The Morgan fingerprint density at radius 1 is 1.17 bits per heavy atom. The van der Waals surface area contributed by atoms with Crippen LogP contribution in [0.5, 0.6) is 0 Å². The summed E-state index contributed by atoms with van der Waals surface area (Å²) in [6.45, 7) is 3.77. The maximum atomic E-state index is 14.0. The van der Waals surface area contributed by atoms with Gasteiger partial charge in [0.2, 0.25) is 5.91 Å². The third-order valence-corrected chi connectivity index (χ3v) is 5.25. The molecule has 2 aromatic carbocycles. The largest absolute Gasteiger partial charge is 0.339 e. The highest BCUT2D eigenvalue weighted by molar-refractivity contribution is 6.03. The van der Waals surface area contributed by atoms with Gasteiger partial charge in [-0.15, -0.1) is 0 Å². The van der Waals surface area contributed by atoms with E-state index >= 15 is 0 Å². The number of hydrogen-bond acceptors (Lipinski definition) is 3. The van der Waals surface area contributed by atoms with E-state index in [1.165, 1.54) is 12.1 Å². The summed E-state index contributed by atoms with van der Waals surface area (Å²) in [7, 11) is 1.74. The SMILES string of the molecule is Cc1ccc(C(=O)N[C@@H]2C(=O)Nc3c(c(C)nn3C)[C@@H]2c2cccc(F)c2)cc1. The summed E-state index contributed by atoms with van der Waals surface area (Å²) in [4.78, 5) is 25.8. The zero-order valence-corrected chi connectivity index (χ0v) is 16.4. The summed E-state index contributed by atoms with van der Waals surface area (Å²) in [5.41, 5.74) is 3.57. The summed E-state index contributed by atoms with van der Waals surface area (Å²) >= 11 is 0. The Balaban J connectivity index is 1.78. The van der Waals surface area contributed by atoms with Crippen molar-refractivity contribution in [2.24, 2.45) is 7.05 Å². The quantitative estimate of drug-likeness (QED) is 0.719. The number of rotatable bonds is 3. The molecule has 0 saturated heterocycles. The van der Waals surface area contributed by atoms with Crippen LogP contribution in [-0.4, -0.2) is 27.6 Å². The maximum absolute atomic E-state index is 14.0. The van der Waals surface area contributed by atoms with Gasteiger partial charge in [0, 0.05) is 24.1 Å². The summed E-state index contributed by atoms with van der Waals surface area (Å²) in [5.74, 6) is -1.13.